The number of carbonyl (C=O) groups excluding carboxylic acids is 1. The molecule has 0 bridgehead atoms. The summed E-state index contributed by atoms with van der Waals surface area (Å²) in [6.07, 6.45) is 14.9. The van der Waals surface area contributed by atoms with Crippen LogP contribution in [-0.2, 0) is 4.79 Å². The smallest absolute Gasteiger partial charge is 0.120 e. The van der Waals surface area contributed by atoms with E-state index in [0.29, 0.717) is 41.7 Å². The van der Waals surface area contributed by atoms with E-state index in [9.17, 15) is 9.90 Å². The van der Waals surface area contributed by atoms with E-state index in [2.05, 4.69) is 63.0 Å². The van der Waals surface area contributed by atoms with Crippen LogP contribution in [0.25, 0.3) is 0 Å². The quantitative estimate of drug-likeness (QED) is 0.0632. The Morgan fingerprint density at radius 3 is 2.07 bits per heavy atom. The summed E-state index contributed by atoms with van der Waals surface area (Å²) in [6.45, 7) is 23.8. The lowest BCUT2D eigenvalue weighted by molar-refractivity contribution is -0.164. The molecule has 8 unspecified atom stereocenters. The van der Waals surface area contributed by atoms with Gasteiger partial charge in [0, 0.05) is 20.2 Å². The molecular formula is C35H75N5O3. The largest absolute Gasteiger partial charge is 0.400 e. The number of fused-ring (bicyclic) bond motifs is 5. The number of carbonyl (C=O) groups is 1. The molecule has 43 heavy (non-hydrogen) atoms. The number of aliphatic hydroxyl groups is 2. The van der Waals surface area contributed by atoms with E-state index in [1.807, 2.05) is 34.7 Å². The molecule has 8 N–H and O–H groups in total. The summed E-state index contributed by atoms with van der Waals surface area (Å²) in [5.41, 5.74) is 3.49. The van der Waals surface area contributed by atoms with Gasteiger partial charge in [-0.15, -0.1) is 0 Å². The van der Waals surface area contributed by atoms with E-state index in [0.717, 1.165) is 37.6 Å². The highest BCUT2D eigenvalue weighted by Crippen LogP contribution is 2.68. The molecule has 0 aliphatic heterocycles. The maximum atomic E-state index is 11.4. The van der Waals surface area contributed by atoms with E-state index in [-0.39, 0.29) is 11.5 Å². The number of nitrogens with zero attached hydrogens (tertiary/aromatic N) is 1. The Bertz CT molecular complexity index is 722. The van der Waals surface area contributed by atoms with Crippen molar-refractivity contribution in [3.63, 3.8) is 0 Å². The maximum absolute atomic E-state index is 11.4. The molecule has 0 aromatic heterocycles. The van der Waals surface area contributed by atoms with Crippen molar-refractivity contribution >= 4 is 13.0 Å². The monoisotopic (exact) mass is 614 g/mol. The second-order valence-corrected chi connectivity index (χ2v) is 13.8. The van der Waals surface area contributed by atoms with Crippen molar-refractivity contribution in [1.29, 1.82) is 0 Å². The van der Waals surface area contributed by atoms with Gasteiger partial charge in [-0.3, -0.25) is 5.84 Å². The van der Waals surface area contributed by atoms with E-state index < -0.39 is 0 Å². The SMILES string of the molecule is C=NN.CC.CC.CC(CC=O)C(C)(C)CC1CCC2C3C(CCC12C)C1(C)CCCCC1C[C@H]3O.CNCNN.CO. The molecule has 0 spiro atoms. The summed E-state index contributed by atoms with van der Waals surface area (Å²) >= 11 is 0. The van der Waals surface area contributed by atoms with Crippen molar-refractivity contribution in [3.8, 4) is 0 Å². The van der Waals surface area contributed by atoms with Crippen LogP contribution in [0.2, 0.25) is 0 Å². The lowest BCUT2D eigenvalue weighted by atomic mass is 9.44. The number of nitrogens with one attached hydrogen (secondary N) is 2. The van der Waals surface area contributed by atoms with Crippen LogP contribution in [0, 0.1) is 51.8 Å². The fourth-order valence-electron chi connectivity index (χ4n) is 9.10. The molecular weight excluding hydrogens is 538 g/mol. The van der Waals surface area contributed by atoms with Crippen molar-refractivity contribution in [1.82, 2.24) is 10.7 Å². The Labute approximate surface area is 267 Å². The predicted molar refractivity (Wildman–Crippen MR) is 185 cm³/mol. The van der Waals surface area contributed by atoms with Crippen LogP contribution in [0.4, 0.5) is 0 Å². The van der Waals surface area contributed by atoms with Gasteiger partial charge in [-0.25, -0.2) is 5.43 Å². The molecule has 0 radical (unpaired) electrons. The molecule has 8 heteroatoms. The first-order valence-electron chi connectivity index (χ1n) is 17.3. The highest BCUT2D eigenvalue weighted by molar-refractivity contribution is 5.49. The first kappa shape index (κ1) is 44.1. The number of aldehydes is 1. The van der Waals surface area contributed by atoms with E-state index in [1.54, 1.807) is 0 Å². The predicted octanol–water partition coefficient (Wildman–Crippen LogP) is 6.50. The third kappa shape index (κ3) is 11.4. The van der Waals surface area contributed by atoms with Crippen molar-refractivity contribution in [2.75, 3.05) is 20.8 Å². The minimum Gasteiger partial charge on any atom is -0.400 e. The minimum atomic E-state index is -0.0680. The zero-order chi connectivity index (χ0) is 33.9. The summed E-state index contributed by atoms with van der Waals surface area (Å²) in [7, 11) is 2.82. The molecule has 0 amide bonds. The van der Waals surface area contributed by atoms with E-state index in [1.165, 1.54) is 57.8 Å². The Morgan fingerprint density at radius 2 is 1.58 bits per heavy atom. The molecule has 4 fully saturated rings. The summed E-state index contributed by atoms with van der Waals surface area (Å²) in [5, 5.41) is 23.9. The second kappa shape index (κ2) is 22.4. The molecule has 0 aromatic carbocycles. The van der Waals surface area contributed by atoms with Crippen LogP contribution in [0.3, 0.4) is 0 Å². The average Bonchev–Trinajstić information content (AvgIpc) is 3.33. The zero-order valence-corrected chi connectivity index (χ0v) is 30.2. The van der Waals surface area contributed by atoms with Crippen LogP contribution in [0.1, 0.15) is 133 Å². The number of rotatable bonds is 7. The fourth-order valence-corrected chi connectivity index (χ4v) is 9.10. The summed E-state index contributed by atoms with van der Waals surface area (Å²) in [6, 6.07) is 0. The Balaban J connectivity index is 0. The van der Waals surface area contributed by atoms with Gasteiger partial charge >= 0.3 is 0 Å². The van der Waals surface area contributed by atoms with Gasteiger partial charge in [0.2, 0.25) is 0 Å². The highest BCUT2D eigenvalue weighted by atomic mass is 16.3. The van der Waals surface area contributed by atoms with Crippen LogP contribution >= 0.6 is 0 Å². The first-order valence-corrected chi connectivity index (χ1v) is 17.3. The van der Waals surface area contributed by atoms with Gasteiger partial charge in [-0.1, -0.05) is 75.2 Å². The molecule has 4 aliphatic carbocycles. The van der Waals surface area contributed by atoms with Crippen LogP contribution in [0.5, 0.6) is 0 Å². The number of hydrazine groups is 1. The topological polar surface area (TPSA) is 146 Å². The first-order chi connectivity index (χ1) is 20.5. The van der Waals surface area contributed by atoms with Gasteiger partial charge < -0.3 is 26.2 Å². The van der Waals surface area contributed by atoms with Crippen molar-refractivity contribution in [2.45, 2.75) is 139 Å². The van der Waals surface area contributed by atoms with E-state index >= 15 is 0 Å². The Hall–Kier alpha value is -1.06. The fraction of sp³-hybridized carbons (Fsp3) is 0.943. The van der Waals surface area contributed by atoms with Crippen molar-refractivity contribution in [3.05, 3.63) is 0 Å². The standard InChI is InChI=1S/C27H46O2.C2H9N3.2C2H6.CH4N2.CH4O/c1-18(12-15-28)25(2,3)17-20-9-10-21-24-22(11-14-27(20,21)5)26(4)13-7-6-8-19(26)16-23(24)29;1-4-2-5-3;2*1-2;1-3-2;1-2/h15,18-24,29H,6-14,16-17H2,1-5H3;4-5H,2-3H2,1H3;2*1-2H3;1-2H2;2H,1H3/t18?,19?,20?,21?,22?,23-,24?,26?,27?;;;;;/m1...../s1. The minimum absolute atomic E-state index is 0.0680. The molecule has 0 saturated heterocycles. The highest BCUT2D eigenvalue weighted by Gasteiger charge is 2.62. The molecule has 8 nitrogen and oxygen atoms in total. The summed E-state index contributed by atoms with van der Waals surface area (Å²) in [4.78, 5) is 11.1. The third-order valence-electron chi connectivity index (χ3n) is 11.6. The van der Waals surface area contributed by atoms with Gasteiger partial charge in [0.15, 0.2) is 0 Å². The molecule has 0 aromatic rings. The lowest BCUT2D eigenvalue weighted by Crippen LogP contribution is -2.57. The third-order valence-corrected chi connectivity index (χ3v) is 11.6. The molecule has 0 heterocycles. The zero-order valence-electron chi connectivity index (χ0n) is 30.2. The summed E-state index contributed by atoms with van der Waals surface area (Å²) in [5.74, 6) is 13.1. The average molecular weight is 614 g/mol. The Kier molecular flexibility index (Phi) is 23.0. The molecule has 4 aliphatic rings. The Morgan fingerprint density at radius 1 is 1.02 bits per heavy atom. The van der Waals surface area contributed by atoms with Gasteiger partial charge in [-0.2, -0.15) is 5.10 Å². The number of nitrogens with two attached hydrogens (primary N) is 2. The van der Waals surface area contributed by atoms with Gasteiger partial charge in [0.1, 0.15) is 6.29 Å². The van der Waals surface area contributed by atoms with Gasteiger partial charge in [0.05, 0.1) is 12.8 Å². The number of hydrogen-bond donors (Lipinski definition) is 6. The summed E-state index contributed by atoms with van der Waals surface area (Å²) < 4.78 is 0. The molecule has 4 saturated carbocycles. The van der Waals surface area contributed by atoms with Gasteiger partial charge in [0.25, 0.3) is 0 Å². The number of hydrazone groups is 1. The van der Waals surface area contributed by atoms with Gasteiger partial charge in [-0.05, 0) is 110 Å². The molecule has 258 valence electrons. The normalized spacial score (nSPS) is 34.3. The van der Waals surface area contributed by atoms with Crippen LogP contribution < -0.4 is 22.4 Å². The number of aliphatic hydroxyl groups excluding tert-OH is 2. The lowest BCUT2D eigenvalue weighted by Gasteiger charge is -2.62. The van der Waals surface area contributed by atoms with E-state index in [4.69, 9.17) is 10.9 Å². The van der Waals surface area contributed by atoms with Crippen molar-refractivity contribution in [2.24, 2.45) is 68.5 Å². The van der Waals surface area contributed by atoms with Crippen molar-refractivity contribution < 1.29 is 15.0 Å². The van der Waals surface area contributed by atoms with Crippen LogP contribution in [0.15, 0.2) is 5.10 Å². The molecule has 9 atom stereocenters. The number of hydrogen-bond acceptors (Lipinski definition) is 8. The molecule has 4 rings (SSSR count). The second-order valence-electron chi connectivity index (χ2n) is 13.8. The van der Waals surface area contributed by atoms with Crippen LogP contribution in [-0.4, -0.2) is 50.1 Å². The maximum Gasteiger partial charge on any atom is 0.120 e.